The van der Waals surface area contributed by atoms with Gasteiger partial charge >= 0.3 is 0 Å². The van der Waals surface area contributed by atoms with Crippen LogP contribution in [0.25, 0.3) is 0 Å². The van der Waals surface area contributed by atoms with Crippen molar-refractivity contribution < 1.29 is 27.5 Å². The van der Waals surface area contributed by atoms with E-state index in [1.54, 1.807) is 21.6 Å². The van der Waals surface area contributed by atoms with Gasteiger partial charge < -0.3 is 19.5 Å². The van der Waals surface area contributed by atoms with E-state index >= 15 is 0 Å². The maximum atomic E-state index is 14.1. The van der Waals surface area contributed by atoms with Crippen LogP contribution in [-0.4, -0.2) is 34.4 Å². The zero-order valence-corrected chi connectivity index (χ0v) is 19.8. The van der Waals surface area contributed by atoms with E-state index in [2.05, 4.69) is 5.32 Å². The Morgan fingerprint density at radius 3 is 2.49 bits per heavy atom. The Kier molecular flexibility index (Phi) is 6.73. The lowest BCUT2D eigenvalue weighted by Gasteiger charge is -2.26. The van der Waals surface area contributed by atoms with Gasteiger partial charge in [0.15, 0.2) is 11.4 Å². The first-order valence-electron chi connectivity index (χ1n) is 12.0. The third-order valence-corrected chi connectivity index (χ3v) is 6.78. The van der Waals surface area contributed by atoms with E-state index in [4.69, 9.17) is 4.74 Å². The topological polar surface area (TPSA) is 80.6 Å². The SMILES string of the molecule is O=C(NCc1c(F)cc(F)cc1F)c1cn2c(c(OCc3ccccc3)c1=O)C(=O)N1CCC[C@H]2CC1. The number of halogens is 3. The molecule has 0 aliphatic carbocycles. The van der Waals surface area contributed by atoms with Gasteiger partial charge in [0.05, 0.1) is 0 Å². The van der Waals surface area contributed by atoms with Crippen LogP contribution in [0.5, 0.6) is 5.75 Å². The number of fused-ring (bicyclic) bond motifs is 5. The van der Waals surface area contributed by atoms with E-state index in [0.29, 0.717) is 31.6 Å². The second-order valence-corrected chi connectivity index (χ2v) is 9.14. The molecule has 1 saturated heterocycles. The number of ether oxygens (including phenoxy) is 1. The van der Waals surface area contributed by atoms with Gasteiger partial charge in [-0.15, -0.1) is 0 Å². The number of hydrogen-bond acceptors (Lipinski definition) is 4. The fraction of sp³-hybridized carbons (Fsp3) is 0.296. The Labute approximate surface area is 210 Å². The van der Waals surface area contributed by atoms with Crippen molar-refractivity contribution in [3.05, 3.63) is 98.7 Å². The molecule has 0 spiro atoms. The van der Waals surface area contributed by atoms with Gasteiger partial charge in [-0.3, -0.25) is 14.4 Å². The molecular formula is C27H24F3N3O4. The first-order valence-corrected chi connectivity index (χ1v) is 12.0. The molecule has 2 aromatic carbocycles. The zero-order chi connectivity index (χ0) is 26.1. The minimum absolute atomic E-state index is 0.00188. The molecule has 0 radical (unpaired) electrons. The fourth-order valence-electron chi connectivity index (χ4n) is 4.84. The summed E-state index contributed by atoms with van der Waals surface area (Å²) in [6, 6.07) is 9.95. The average molecular weight is 512 g/mol. The second kappa shape index (κ2) is 10.1. The smallest absolute Gasteiger partial charge is 0.274 e. The van der Waals surface area contributed by atoms with Gasteiger partial charge in [-0.1, -0.05) is 30.3 Å². The van der Waals surface area contributed by atoms with Gasteiger partial charge in [0, 0.05) is 49.6 Å². The van der Waals surface area contributed by atoms with Crippen molar-refractivity contribution >= 4 is 11.8 Å². The molecular weight excluding hydrogens is 487 g/mol. The number of aromatic nitrogens is 1. The highest BCUT2D eigenvalue weighted by molar-refractivity contribution is 5.99. The van der Waals surface area contributed by atoms with Gasteiger partial charge in [0.1, 0.15) is 29.6 Å². The Bertz CT molecular complexity index is 1400. The quantitative estimate of drug-likeness (QED) is 0.544. The molecule has 3 aromatic rings. The maximum Gasteiger partial charge on any atom is 0.274 e. The molecule has 1 N–H and O–H groups in total. The van der Waals surface area contributed by atoms with E-state index in [-0.39, 0.29) is 35.6 Å². The molecule has 2 aliphatic rings. The van der Waals surface area contributed by atoms with Crippen LogP contribution < -0.4 is 15.5 Å². The highest BCUT2D eigenvalue weighted by Gasteiger charge is 2.35. The van der Waals surface area contributed by atoms with Crippen molar-refractivity contribution in [3.63, 3.8) is 0 Å². The molecule has 1 aromatic heterocycles. The Balaban J connectivity index is 1.53. The molecule has 37 heavy (non-hydrogen) atoms. The minimum atomic E-state index is -1.16. The number of nitrogens with zero attached hydrogens (tertiary/aromatic N) is 2. The molecule has 7 nitrogen and oxygen atoms in total. The van der Waals surface area contributed by atoms with Crippen molar-refractivity contribution in [3.8, 4) is 5.75 Å². The van der Waals surface area contributed by atoms with Crippen molar-refractivity contribution in [1.82, 2.24) is 14.8 Å². The normalized spacial score (nSPS) is 16.7. The van der Waals surface area contributed by atoms with Crippen LogP contribution in [0.15, 0.2) is 53.5 Å². The van der Waals surface area contributed by atoms with Gasteiger partial charge in [-0.25, -0.2) is 13.2 Å². The number of benzene rings is 2. The van der Waals surface area contributed by atoms with Crippen LogP contribution in [0.1, 0.15) is 57.3 Å². The molecule has 0 saturated carbocycles. The highest BCUT2D eigenvalue weighted by Crippen LogP contribution is 2.33. The van der Waals surface area contributed by atoms with Crippen molar-refractivity contribution in [1.29, 1.82) is 0 Å². The monoisotopic (exact) mass is 511 g/mol. The number of carbonyl (C=O) groups is 2. The molecule has 10 heteroatoms. The van der Waals surface area contributed by atoms with Crippen LogP contribution in [0.4, 0.5) is 13.2 Å². The number of pyridine rings is 1. The van der Waals surface area contributed by atoms with Crippen molar-refractivity contribution in [2.24, 2.45) is 0 Å². The third-order valence-electron chi connectivity index (χ3n) is 6.78. The van der Waals surface area contributed by atoms with Crippen molar-refractivity contribution in [2.45, 2.75) is 38.5 Å². The maximum absolute atomic E-state index is 14.1. The molecule has 2 aliphatic heterocycles. The molecule has 1 fully saturated rings. The highest BCUT2D eigenvalue weighted by atomic mass is 19.1. The summed E-state index contributed by atoms with van der Waals surface area (Å²) in [7, 11) is 0. The lowest BCUT2D eigenvalue weighted by molar-refractivity contribution is 0.0750. The van der Waals surface area contributed by atoms with Gasteiger partial charge in [-0.2, -0.15) is 0 Å². The molecule has 0 unspecified atom stereocenters. The Morgan fingerprint density at radius 2 is 1.76 bits per heavy atom. The Morgan fingerprint density at radius 1 is 1.03 bits per heavy atom. The van der Waals surface area contributed by atoms with Crippen LogP contribution in [0, 0.1) is 17.5 Å². The van der Waals surface area contributed by atoms with Crippen LogP contribution in [0.3, 0.4) is 0 Å². The largest absolute Gasteiger partial charge is 0.483 e. The summed E-state index contributed by atoms with van der Waals surface area (Å²) < 4.78 is 48.9. The van der Waals surface area contributed by atoms with Gasteiger partial charge in [-0.05, 0) is 24.8 Å². The lowest BCUT2D eigenvalue weighted by Crippen LogP contribution is -2.37. The van der Waals surface area contributed by atoms with E-state index in [1.165, 1.54) is 6.20 Å². The third kappa shape index (κ3) is 4.83. The summed E-state index contributed by atoms with van der Waals surface area (Å²) in [4.78, 5) is 41.7. The number of hydrogen-bond donors (Lipinski definition) is 1. The molecule has 2 amide bonds. The second-order valence-electron chi connectivity index (χ2n) is 9.14. The molecule has 1 atom stereocenters. The lowest BCUT2D eigenvalue weighted by atomic mass is 10.1. The minimum Gasteiger partial charge on any atom is -0.483 e. The zero-order valence-electron chi connectivity index (χ0n) is 19.8. The number of rotatable bonds is 6. The van der Waals surface area contributed by atoms with Crippen molar-refractivity contribution in [2.75, 3.05) is 13.1 Å². The van der Waals surface area contributed by atoms with Gasteiger partial charge in [0.25, 0.3) is 11.8 Å². The standard InChI is InChI=1S/C27H24F3N3O4/c28-17-11-21(29)19(22(30)12-17)13-31-26(35)20-14-33-18-7-4-9-32(10-8-18)27(36)23(33)25(24(20)34)37-15-16-5-2-1-3-6-16/h1-3,5-6,11-12,14,18H,4,7-10,13,15H2,(H,31,35)/t18-/m0/s1. The number of amides is 2. The molecule has 2 bridgehead atoms. The summed E-state index contributed by atoms with van der Waals surface area (Å²) in [5.41, 5.74) is -0.797. The molecule has 3 heterocycles. The van der Waals surface area contributed by atoms with E-state index < -0.39 is 40.9 Å². The summed E-state index contributed by atoms with van der Waals surface area (Å²) in [6.07, 6.45) is 3.49. The summed E-state index contributed by atoms with van der Waals surface area (Å²) >= 11 is 0. The molecule has 5 rings (SSSR count). The van der Waals surface area contributed by atoms with Crippen LogP contribution in [-0.2, 0) is 13.2 Å². The first-order chi connectivity index (χ1) is 17.8. The summed E-state index contributed by atoms with van der Waals surface area (Å²) in [5, 5.41) is 2.34. The Hall–Kier alpha value is -4.08. The number of nitrogens with one attached hydrogen (secondary N) is 1. The molecule has 192 valence electrons. The fourth-order valence-corrected chi connectivity index (χ4v) is 4.84. The summed E-state index contributed by atoms with van der Waals surface area (Å²) in [5.74, 6) is -4.87. The van der Waals surface area contributed by atoms with Crippen LogP contribution >= 0.6 is 0 Å². The summed E-state index contributed by atoms with van der Waals surface area (Å²) in [6.45, 7) is 0.479. The predicted octanol–water partition coefficient (Wildman–Crippen LogP) is 3.96. The van der Waals surface area contributed by atoms with Gasteiger partial charge in [0.2, 0.25) is 5.43 Å². The first kappa shape index (κ1) is 24.6. The van der Waals surface area contributed by atoms with Crippen LogP contribution in [0.2, 0.25) is 0 Å². The van der Waals surface area contributed by atoms with E-state index in [9.17, 15) is 27.6 Å². The van der Waals surface area contributed by atoms with E-state index in [1.807, 2.05) is 18.2 Å². The average Bonchev–Trinajstić information content (AvgIpc) is 3.19. The number of carbonyl (C=O) groups excluding carboxylic acids is 2. The van der Waals surface area contributed by atoms with E-state index in [0.717, 1.165) is 18.4 Å². The predicted molar refractivity (Wildman–Crippen MR) is 128 cm³/mol.